The van der Waals surface area contributed by atoms with Gasteiger partial charge in [0.2, 0.25) is 5.95 Å². The zero-order valence-corrected chi connectivity index (χ0v) is 19.9. The first-order valence-corrected chi connectivity index (χ1v) is 12.2. The van der Waals surface area contributed by atoms with Crippen molar-refractivity contribution in [3.63, 3.8) is 0 Å². The molecule has 180 valence electrons. The van der Waals surface area contributed by atoms with Gasteiger partial charge in [-0.2, -0.15) is 0 Å². The lowest BCUT2D eigenvalue weighted by atomic mass is 10.2. The molecule has 3 N–H and O–H groups in total. The Balaban J connectivity index is 1.41. The Hall–Kier alpha value is -2.93. The number of aromatic nitrogens is 4. The minimum Gasteiger partial charge on any atom is -0.384 e. The monoisotopic (exact) mass is 484 g/mol. The van der Waals surface area contributed by atoms with Gasteiger partial charge in [0.05, 0.1) is 24.2 Å². The lowest BCUT2D eigenvalue weighted by Crippen LogP contribution is -2.50. The molecule has 2 aliphatic rings. The number of thiophene rings is 1. The van der Waals surface area contributed by atoms with Gasteiger partial charge in [-0.15, -0.1) is 11.3 Å². The number of carbonyl (C=O) groups is 1. The largest absolute Gasteiger partial charge is 0.384 e. The molecule has 12 heteroatoms. The van der Waals surface area contributed by atoms with Crippen LogP contribution in [-0.2, 0) is 16.1 Å². The molecule has 1 atom stereocenters. The molecular weight excluding hydrogens is 456 g/mol. The molecule has 1 amide bonds. The zero-order valence-electron chi connectivity index (χ0n) is 19.1. The summed E-state index contributed by atoms with van der Waals surface area (Å²) in [5.41, 5.74) is 6.37. The Kier molecular flexibility index (Phi) is 6.55. The molecule has 5 heterocycles. The number of ether oxygens (including phenoxy) is 1. The standard InChI is InChI=1S/C22H28N8O3S/c1-14(31)21(32)30-4-2-28(3-5-30)13-16-10-17-19(29-6-8-33-9-7-29)26-18(27-20(17)34-16)15-11-24-22(23)25-12-15/h10-12,14,31H,2-9,13H2,1H3,(H2,23,24,25)/t14-/m1/s1. The van der Waals surface area contributed by atoms with Crippen molar-refractivity contribution < 1.29 is 14.6 Å². The van der Waals surface area contributed by atoms with Crippen molar-refractivity contribution >= 4 is 39.2 Å². The molecule has 2 aliphatic heterocycles. The molecule has 5 rings (SSSR count). The number of rotatable bonds is 5. The molecule has 0 bridgehead atoms. The Morgan fingerprint density at radius 1 is 1.15 bits per heavy atom. The predicted molar refractivity (Wildman–Crippen MR) is 129 cm³/mol. The number of piperazine rings is 1. The van der Waals surface area contributed by atoms with Crippen LogP contribution in [0.4, 0.5) is 11.8 Å². The van der Waals surface area contributed by atoms with E-state index in [1.165, 1.54) is 11.8 Å². The number of fused-ring (bicyclic) bond motifs is 1. The molecule has 0 saturated carbocycles. The lowest BCUT2D eigenvalue weighted by Gasteiger charge is -2.35. The number of nitrogen functional groups attached to an aromatic ring is 1. The molecule has 11 nitrogen and oxygen atoms in total. The third-order valence-electron chi connectivity index (χ3n) is 6.09. The van der Waals surface area contributed by atoms with Gasteiger partial charge < -0.3 is 25.4 Å². The minimum atomic E-state index is -0.952. The average Bonchev–Trinajstić information content (AvgIpc) is 3.26. The molecular formula is C22H28N8O3S. The van der Waals surface area contributed by atoms with Crippen molar-refractivity contribution in [2.24, 2.45) is 0 Å². The fourth-order valence-corrected chi connectivity index (χ4v) is 5.31. The van der Waals surface area contributed by atoms with Crippen LogP contribution in [0, 0.1) is 0 Å². The Morgan fingerprint density at radius 3 is 2.53 bits per heavy atom. The fourth-order valence-electron chi connectivity index (χ4n) is 4.24. The predicted octanol–water partition coefficient (Wildman–Crippen LogP) is 0.592. The number of nitrogens with zero attached hydrogens (tertiary/aromatic N) is 7. The van der Waals surface area contributed by atoms with Crippen LogP contribution >= 0.6 is 11.3 Å². The molecule has 0 spiro atoms. The Morgan fingerprint density at radius 2 is 1.85 bits per heavy atom. The number of nitrogens with two attached hydrogens (primary N) is 1. The smallest absolute Gasteiger partial charge is 0.251 e. The highest BCUT2D eigenvalue weighted by atomic mass is 32.1. The van der Waals surface area contributed by atoms with Crippen LogP contribution in [0.1, 0.15) is 11.8 Å². The van der Waals surface area contributed by atoms with Crippen LogP contribution in [0.15, 0.2) is 18.5 Å². The summed E-state index contributed by atoms with van der Waals surface area (Å²) in [6.45, 7) is 7.94. The fraction of sp³-hybridized carbons (Fsp3) is 0.500. The van der Waals surface area contributed by atoms with Gasteiger partial charge in [0.25, 0.3) is 5.91 Å². The van der Waals surface area contributed by atoms with Crippen LogP contribution in [0.5, 0.6) is 0 Å². The summed E-state index contributed by atoms with van der Waals surface area (Å²) in [5, 5.41) is 10.6. The number of morpholine rings is 1. The van der Waals surface area contributed by atoms with Gasteiger partial charge in [-0.25, -0.2) is 19.9 Å². The van der Waals surface area contributed by atoms with Gasteiger partial charge in [0.1, 0.15) is 16.8 Å². The quantitative estimate of drug-likeness (QED) is 0.530. The summed E-state index contributed by atoms with van der Waals surface area (Å²) in [6, 6.07) is 2.18. The van der Waals surface area contributed by atoms with E-state index in [1.807, 2.05) is 0 Å². The van der Waals surface area contributed by atoms with Gasteiger partial charge in [0.15, 0.2) is 5.82 Å². The molecule has 2 fully saturated rings. The van der Waals surface area contributed by atoms with E-state index in [0.29, 0.717) is 32.1 Å². The third-order valence-corrected chi connectivity index (χ3v) is 7.10. The summed E-state index contributed by atoms with van der Waals surface area (Å²) in [6.07, 6.45) is 2.34. The molecule has 0 aromatic carbocycles. The number of aliphatic hydroxyl groups is 1. The van der Waals surface area contributed by atoms with Crippen LogP contribution < -0.4 is 10.6 Å². The van der Waals surface area contributed by atoms with Gasteiger partial charge in [-0.3, -0.25) is 9.69 Å². The number of aliphatic hydroxyl groups excluding tert-OH is 1. The van der Waals surface area contributed by atoms with Gasteiger partial charge in [-0.1, -0.05) is 0 Å². The summed E-state index contributed by atoms with van der Waals surface area (Å²) in [7, 11) is 0. The highest BCUT2D eigenvalue weighted by Crippen LogP contribution is 2.34. The van der Waals surface area contributed by atoms with E-state index in [9.17, 15) is 9.90 Å². The SMILES string of the molecule is C[C@@H](O)C(=O)N1CCN(Cc2cc3c(N4CCOCC4)nc(-c4cnc(N)nc4)nc3s2)CC1. The number of hydrogen-bond donors (Lipinski definition) is 2. The number of carbonyl (C=O) groups excluding carboxylic acids is 1. The van der Waals surface area contributed by atoms with Crippen molar-refractivity contribution in [2.45, 2.75) is 19.6 Å². The maximum absolute atomic E-state index is 12.1. The van der Waals surface area contributed by atoms with Crippen molar-refractivity contribution in [1.82, 2.24) is 29.7 Å². The first-order chi connectivity index (χ1) is 16.5. The third kappa shape index (κ3) is 4.80. The van der Waals surface area contributed by atoms with Crippen molar-refractivity contribution in [3.8, 4) is 11.4 Å². The van der Waals surface area contributed by atoms with Gasteiger partial charge in [0, 0.05) is 63.1 Å². The molecule has 0 aliphatic carbocycles. The van der Waals surface area contributed by atoms with Crippen LogP contribution in [0.2, 0.25) is 0 Å². The van der Waals surface area contributed by atoms with Gasteiger partial charge >= 0.3 is 0 Å². The summed E-state index contributed by atoms with van der Waals surface area (Å²) in [4.78, 5) is 38.4. The van der Waals surface area contributed by atoms with Crippen molar-refractivity contribution in [3.05, 3.63) is 23.3 Å². The molecule has 3 aromatic rings. The van der Waals surface area contributed by atoms with E-state index in [2.05, 4.69) is 25.8 Å². The Labute approximate surface area is 201 Å². The van der Waals surface area contributed by atoms with E-state index in [1.54, 1.807) is 28.6 Å². The number of amides is 1. The molecule has 0 unspecified atom stereocenters. The molecule has 34 heavy (non-hydrogen) atoms. The number of anilines is 2. The van der Waals surface area contributed by atoms with E-state index >= 15 is 0 Å². The molecule has 3 aromatic heterocycles. The molecule has 0 radical (unpaired) electrons. The maximum Gasteiger partial charge on any atom is 0.251 e. The van der Waals surface area contributed by atoms with Crippen LogP contribution in [0.3, 0.4) is 0 Å². The normalized spacial score (nSPS) is 18.4. The summed E-state index contributed by atoms with van der Waals surface area (Å²) in [5.74, 6) is 1.49. The highest BCUT2D eigenvalue weighted by molar-refractivity contribution is 7.18. The topological polar surface area (TPSA) is 134 Å². The maximum atomic E-state index is 12.1. The second-order valence-electron chi connectivity index (χ2n) is 8.51. The second kappa shape index (κ2) is 9.74. The number of hydrogen-bond acceptors (Lipinski definition) is 11. The first kappa shape index (κ1) is 22.8. The van der Waals surface area contributed by atoms with Crippen molar-refractivity contribution in [2.75, 3.05) is 63.1 Å². The van der Waals surface area contributed by atoms with Crippen LogP contribution in [0.25, 0.3) is 21.6 Å². The van der Waals surface area contributed by atoms with E-state index in [4.69, 9.17) is 20.4 Å². The summed E-state index contributed by atoms with van der Waals surface area (Å²) < 4.78 is 5.54. The highest BCUT2D eigenvalue weighted by Gasteiger charge is 2.25. The minimum absolute atomic E-state index is 0.203. The van der Waals surface area contributed by atoms with E-state index < -0.39 is 6.10 Å². The second-order valence-corrected chi connectivity index (χ2v) is 9.62. The zero-order chi connectivity index (χ0) is 23.7. The van der Waals surface area contributed by atoms with Crippen LogP contribution in [-0.4, -0.2) is 99.3 Å². The van der Waals surface area contributed by atoms with E-state index in [-0.39, 0.29) is 11.9 Å². The first-order valence-electron chi connectivity index (χ1n) is 11.4. The summed E-state index contributed by atoms with van der Waals surface area (Å²) >= 11 is 1.66. The van der Waals surface area contributed by atoms with Gasteiger partial charge in [-0.05, 0) is 13.0 Å². The van der Waals surface area contributed by atoms with Crippen molar-refractivity contribution in [1.29, 1.82) is 0 Å². The van der Waals surface area contributed by atoms with E-state index in [0.717, 1.165) is 54.3 Å². The molecule has 2 saturated heterocycles. The Bertz CT molecular complexity index is 1150. The average molecular weight is 485 g/mol. The lowest BCUT2D eigenvalue weighted by molar-refractivity contribution is -0.141.